The second kappa shape index (κ2) is 9.68. The van der Waals surface area contributed by atoms with Crippen molar-refractivity contribution in [2.24, 2.45) is 22.9 Å². The Morgan fingerprint density at radius 2 is 2.00 bits per heavy atom. The maximum atomic E-state index is 6.37. The van der Waals surface area contributed by atoms with Gasteiger partial charge in [-0.1, -0.05) is 38.1 Å². The molecule has 0 amide bonds. The number of aromatic nitrogens is 3. The average Bonchev–Trinajstić information content (AvgIpc) is 3.48. The van der Waals surface area contributed by atoms with Gasteiger partial charge in [0.1, 0.15) is 23.5 Å². The first-order valence-corrected chi connectivity index (χ1v) is 13.1. The van der Waals surface area contributed by atoms with E-state index in [0.29, 0.717) is 29.6 Å². The predicted octanol–water partition coefficient (Wildman–Crippen LogP) is 5.27. The Bertz CT molecular complexity index is 996. The van der Waals surface area contributed by atoms with E-state index < -0.39 is 0 Å². The Kier molecular flexibility index (Phi) is 6.65. The van der Waals surface area contributed by atoms with E-state index in [2.05, 4.69) is 77.3 Å². The summed E-state index contributed by atoms with van der Waals surface area (Å²) in [5.41, 5.74) is 1.16. The summed E-state index contributed by atoms with van der Waals surface area (Å²) in [5.74, 6) is 4.24. The van der Waals surface area contributed by atoms with Crippen LogP contribution in [-0.4, -0.2) is 39.7 Å². The molecule has 1 saturated carbocycles. The first kappa shape index (κ1) is 23.3. The normalized spacial score (nSPS) is 29.3. The molecule has 2 fully saturated rings. The topological polar surface area (TPSA) is 73.6 Å². The Hall–Kier alpha value is -2.41. The number of benzene rings is 1. The lowest BCUT2D eigenvalue weighted by molar-refractivity contribution is -0.0822. The van der Waals surface area contributed by atoms with Crippen LogP contribution in [0.4, 0.5) is 0 Å². The SMILES string of the molecule is CC(C)c1cccc(O[C@H](C)n2cnnc2C2CC(C3C=NOC34CCNCC4)CCC2C)c1. The van der Waals surface area contributed by atoms with Gasteiger partial charge in [0.15, 0.2) is 6.23 Å². The Morgan fingerprint density at radius 1 is 1.18 bits per heavy atom. The molecule has 0 radical (unpaired) electrons. The van der Waals surface area contributed by atoms with Crippen molar-refractivity contribution < 1.29 is 9.57 Å². The van der Waals surface area contributed by atoms with Gasteiger partial charge in [-0.2, -0.15) is 0 Å². The van der Waals surface area contributed by atoms with Gasteiger partial charge in [-0.25, -0.2) is 0 Å². The average molecular weight is 466 g/mol. The molecule has 184 valence electrons. The third-order valence-corrected chi connectivity index (χ3v) is 8.41. The fourth-order valence-corrected chi connectivity index (χ4v) is 6.26. The smallest absolute Gasteiger partial charge is 0.175 e. The highest BCUT2D eigenvalue weighted by Crippen LogP contribution is 2.48. The lowest BCUT2D eigenvalue weighted by atomic mass is 9.65. The number of hydrogen-bond acceptors (Lipinski definition) is 6. The van der Waals surface area contributed by atoms with Gasteiger partial charge in [-0.05, 0) is 74.7 Å². The molecule has 1 saturated heterocycles. The molecule has 7 nitrogen and oxygen atoms in total. The van der Waals surface area contributed by atoms with Crippen LogP contribution in [0.2, 0.25) is 0 Å². The standard InChI is InChI=1S/C27H39N5O2/c1-18(2)21-6-5-7-23(14-21)33-20(4)32-17-29-31-26(32)24-15-22(9-8-19(24)3)25-16-30-34-27(25)10-12-28-13-11-27/h5-7,14,16-20,22,24-25,28H,8-13,15H2,1-4H3/t19?,20-,22?,24?,25?/m1/s1. The summed E-state index contributed by atoms with van der Waals surface area (Å²) in [6.45, 7) is 10.9. The van der Waals surface area contributed by atoms with E-state index in [1.165, 1.54) is 18.4 Å². The van der Waals surface area contributed by atoms with Crippen LogP contribution in [0.25, 0.3) is 0 Å². The molecular weight excluding hydrogens is 426 g/mol. The van der Waals surface area contributed by atoms with Crippen LogP contribution in [0.3, 0.4) is 0 Å². The van der Waals surface area contributed by atoms with Crippen molar-refractivity contribution in [2.45, 2.75) is 83.5 Å². The van der Waals surface area contributed by atoms with E-state index in [0.717, 1.165) is 43.9 Å². The van der Waals surface area contributed by atoms with Crippen molar-refractivity contribution in [1.82, 2.24) is 20.1 Å². The molecule has 7 heteroatoms. The Morgan fingerprint density at radius 3 is 2.79 bits per heavy atom. The second-order valence-electron chi connectivity index (χ2n) is 10.9. The minimum atomic E-state index is -0.174. The minimum Gasteiger partial charge on any atom is -0.470 e. The van der Waals surface area contributed by atoms with Crippen LogP contribution in [0.1, 0.15) is 89.3 Å². The van der Waals surface area contributed by atoms with Gasteiger partial charge < -0.3 is 14.9 Å². The molecule has 1 aromatic heterocycles. The van der Waals surface area contributed by atoms with Crippen LogP contribution < -0.4 is 10.1 Å². The van der Waals surface area contributed by atoms with Gasteiger partial charge in [-0.3, -0.25) is 4.57 Å². The van der Waals surface area contributed by atoms with E-state index in [-0.39, 0.29) is 11.8 Å². The van der Waals surface area contributed by atoms with Crippen LogP contribution in [0.5, 0.6) is 5.75 Å². The molecule has 1 aromatic carbocycles. The summed E-state index contributed by atoms with van der Waals surface area (Å²) in [4.78, 5) is 6.03. The third-order valence-electron chi connectivity index (χ3n) is 8.41. The first-order valence-electron chi connectivity index (χ1n) is 13.1. The van der Waals surface area contributed by atoms with Crippen molar-refractivity contribution >= 4 is 6.21 Å². The Labute approximate surface area is 203 Å². The van der Waals surface area contributed by atoms with Crippen LogP contribution in [0, 0.1) is 17.8 Å². The van der Waals surface area contributed by atoms with Gasteiger partial charge in [0.05, 0.1) is 6.21 Å². The third kappa shape index (κ3) is 4.47. The van der Waals surface area contributed by atoms with Crippen LogP contribution in [-0.2, 0) is 4.84 Å². The molecule has 3 aliphatic rings. The summed E-state index contributed by atoms with van der Waals surface area (Å²) in [7, 11) is 0. The van der Waals surface area contributed by atoms with Crippen molar-refractivity contribution in [2.75, 3.05) is 13.1 Å². The lowest BCUT2D eigenvalue weighted by Crippen LogP contribution is -2.49. The quantitative estimate of drug-likeness (QED) is 0.629. The highest BCUT2D eigenvalue weighted by molar-refractivity contribution is 5.64. The number of ether oxygens (including phenoxy) is 1. The maximum absolute atomic E-state index is 6.37. The zero-order chi connectivity index (χ0) is 23.7. The number of nitrogens with zero attached hydrogens (tertiary/aromatic N) is 4. The number of oxime groups is 1. The molecule has 1 aliphatic carbocycles. The molecule has 34 heavy (non-hydrogen) atoms. The largest absolute Gasteiger partial charge is 0.470 e. The molecule has 1 N–H and O–H groups in total. The summed E-state index contributed by atoms with van der Waals surface area (Å²) in [6, 6.07) is 8.40. The van der Waals surface area contributed by atoms with Gasteiger partial charge in [-0.15, -0.1) is 10.2 Å². The summed E-state index contributed by atoms with van der Waals surface area (Å²) < 4.78 is 8.50. The number of rotatable bonds is 6. The van der Waals surface area contributed by atoms with Gasteiger partial charge in [0, 0.05) is 24.7 Å². The lowest BCUT2D eigenvalue weighted by Gasteiger charge is -2.43. The summed E-state index contributed by atoms with van der Waals surface area (Å²) >= 11 is 0. The van der Waals surface area contributed by atoms with Crippen molar-refractivity contribution in [3.63, 3.8) is 0 Å². The van der Waals surface area contributed by atoms with E-state index in [9.17, 15) is 0 Å². The zero-order valence-corrected chi connectivity index (χ0v) is 21.0. The zero-order valence-electron chi connectivity index (χ0n) is 21.0. The molecule has 4 unspecified atom stereocenters. The highest BCUT2D eigenvalue weighted by atomic mass is 16.7. The highest BCUT2D eigenvalue weighted by Gasteiger charge is 2.50. The van der Waals surface area contributed by atoms with E-state index >= 15 is 0 Å². The molecule has 2 aromatic rings. The molecule has 5 rings (SSSR count). The van der Waals surface area contributed by atoms with E-state index in [4.69, 9.17) is 9.57 Å². The molecule has 5 atom stereocenters. The predicted molar refractivity (Wildman–Crippen MR) is 133 cm³/mol. The van der Waals surface area contributed by atoms with Gasteiger partial charge in [0.25, 0.3) is 0 Å². The second-order valence-corrected chi connectivity index (χ2v) is 10.9. The fourth-order valence-electron chi connectivity index (χ4n) is 6.26. The van der Waals surface area contributed by atoms with E-state index in [1.54, 1.807) is 0 Å². The van der Waals surface area contributed by atoms with Gasteiger partial charge in [0.2, 0.25) is 0 Å². The number of hydrogen-bond donors (Lipinski definition) is 1. The van der Waals surface area contributed by atoms with Crippen molar-refractivity contribution in [1.29, 1.82) is 0 Å². The van der Waals surface area contributed by atoms with Crippen LogP contribution in [0.15, 0.2) is 35.7 Å². The fraction of sp³-hybridized carbons (Fsp3) is 0.667. The minimum absolute atomic E-state index is 0.119. The van der Waals surface area contributed by atoms with Crippen molar-refractivity contribution in [3.05, 3.63) is 42.0 Å². The molecular formula is C27H39N5O2. The van der Waals surface area contributed by atoms with Gasteiger partial charge >= 0.3 is 0 Å². The monoisotopic (exact) mass is 465 g/mol. The number of piperidine rings is 1. The number of nitrogens with one attached hydrogen (secondary N) is 1. The Balaban J connectivity index is 1.33. The van der Waals surface area contributed by atoms with Crippen LogP contribution >= 0.6 is 0 Å². The molecule has 2 aliphatic heterocycles. The first-order chi connectivity index (χ1) is 16.5. The van der Waals surface area contributed by atoms with E-state index in [1.807, 2.05) is 12.4 Å². The molecule has 1 spiro atoms. The summed E-state index contributed by atoms with van der Waals surface area (Å²) in [6.07, 6.45) is 9.31. The maximum Gasteiger partial charge on any atom is 0.175 e. The molecule has 3 heterocycles. The molecule has 0 bridgehead atoms. The van der Waals surface area contributed by atoms with Crippen molar-refractivity contribution in [3.8, 4) is 5.75 Å². The summed E-state index contributed by atoms with van der Waals surface area (Å²) in [5, 5.41) is 16.7.